The third kappa shape index (κ3) is 2.77. The molecule has 0 aliphatic carbocycles. The van der Waals surface area contributed by atoms with Gasteiger partial charge in [-0.25, -0.2) is 4.98 Å². The summed E-state index contributed by atoms with van der Waals surface area (Å²) in [6.45, 7) is 2.69. The smallest absolute Gasteiger partial charge is 0.221 e. The lowest BCUT2D eigenvalue weighted by Crippen LogP contribution is -1.98. The van der Waals surface area contributed by atoms with Gasteiger partial charge < -0.3 is 0 Å². The van der Waals surface area contributed by atoms with Gasteiger partial charge in [0.15, 0.2) is 4.34 Å². The van der Waals surface area contributed by atoms with Crippen LogP contribution in [0.3, 0.4) is 0 Å². The van der Waals surface area contributed by atoms with Crippen LogP contribution in [-0.2, 0) is 6.54 Å². The molecule has 0 radical (unpaired) electrons. The zero-order valence-corrected chi connectivity index (χ0v) is 12.3. The molecular formula is C6H5Br2N5S2. The molecule has 0 saturated heterocycles. The topological polar surface area (TPSA) is 56.5 Å². The van der Waals surface area contributed by atoms with Crippen LogP contribution >= 0.6 is 55.0 Å². The summed E-state index contributed by atoms with van der Waals surface area (Å²) in [4.78, 5) is 5.82. The first kappa shape index (κ1) is 11.5. The summed E-state index contributed by atoms with van der Waals surface area (Å²) in [5, 5.41) is 12.5. The fourth-order valence-corrected chi connectivity index (χ4v) is 3.88. The highest BCUT2D eigenvalue weighted by Gasteiger charge is 2.10. The van der Waals surface area contributed by atoms with Crippen molar-refractivity contribution in [1.29, 1.82) is 0 Å². The summed E-state index contributed by atoms with van der Waals surface area (Å²) >= 11 is 9.64. The molecule has 0 aliphatic heterocycles. The normalized spacial score (nSPS) is 10.9. The Morgan fingerprint density at radius 3 is 2.80 bits per heavy atom. The molecule has 80 valence electrons. The maximum Gasteiger partial charge on any atom is 0.238 e. The lowest BCUT2D eigenvalue weighted by atomic mass is 10.8. The predicted octanol–water partition coefficient (Wildman–Crippen LogP) is 2.83. The van der Waals surface area contributed by atoms with E-state index in [1.165, 1.54) is 23.1 Å². The molecule has 0 N–H and O–H groups in total. The van der Waals surface area contributed by atoms with Crippen LogP contribution in [0.5, 0.6) is 0 Å². The Morgan fingerprint density at radius 1 is 1.47 bits per heavy atom. The van der Waals surface area contributed by atoms with Gasteiger partial charge in [-0.1, -0.05) is 11.3 Å². The Bertz CT molecular complexity index is 448. The average molecular weight is 371 g/mol. The zero-order valence-electron chi connectivity index (χ0n) is 7.52. The van der Waals surface area contributed by atoms with Crippen molar-refractivity contribution in [2.24, 2.45) is 0 Å². The highest BCUT2D eigenvalue weighted by molar-refractivity contribution is 9.13. The van der Waals surface area contributed by atoms with Crippen LogP contribution in [0.25, 0.3) is 0 Å². The van der Waals surface area contributed by atoms with Gasteiger partial charge in [-0.2, -0.15) is 4.80 Å². The zero-order chi connectivity index (χ0) is 10.8. The molecule has 2 rings (SSSR count). The number of hydrogen-bond donors (Lipinski definition) is 0. The number of rotatable bonds is 3. The highest BCUT2D eigenvalue weighted by Crippen LogP contribution is 2.36. The largest absolute Gasteiger partial charge is 0.238 e. The lowest BCUT2D eigenvalue weighted by molar-refractivity contribution is 0.549. The van der Waals surface area contributed by atoms with Crippen LogP contribution in [0.15, 0.2) is 17.9 Å². The first-order valence-electron chi connectivity index (χ1n) is 3.96. The molecule has 0 saturated carbocycles. The summed E-state index contributed by atoms with van der Waals surface area (Å²) in [5.41, 5.74) is 0. The molecular weight excluding hydrogens is 366 g/mol. The molecule has 15 heavy (non-hydrogen) atoms. The molecule has 0 unspecified atom stereocenters. The van der Waals surface area contributed by atoms with Crippen LogP contribution in [0.1, 0.15) is 6.92 Å². The van der Waals surface area contributed by atoms with Crippen molar-refractivity contribution >= 4 is 55.0 Å². The van der Waals surface area contributed by atoms with Gasteiger partial charge in [-0.05, 0) is 55.8 Å². The van der Waals surface area contributed by atoms with Crippen LogP contribution in [0.4, 0.5) is 0 Å². The van der Waals surface area contributed by atoms with E-state index in [4.69, 9.17) is 0 Å². The van der Waals surface area contributed by atoms with Crippen LogP contribution < -0.4 is 0 Å². The van der Waals surface area contributed by atoms with E-state index in [0.717, 1.165) is 19.3 Å². The Balaban J connectivity index is 2.14. The number of nitrogens with zero attached hydrogens (tertiary/aromatic N) is 5. The molecule has 0 atom stereocenters. The number of aromatic nitrogens is 5. The minimum Gasteiger partial charge on any atom is -0.221 e. The van der Waals surface area contributed by atoms with E-state index in [2.05, 4.69) is 52.3 Å². The van der Waals surface area contributed by atoms with Crippen LogP contribution in [0.2, 0.25) is 0 Å². The second-order valence-corrected chi connectivity index (χ2v) is 6.69. The molecule has 2 aromatic rings. The summed E-state index contributed by atoms with van der Waals surface area (Å²) in [6.07, 6.45) is 0. The second-order valence-electron chi connectivity index (χ2n) is 2.41. The Labute approximate surface area is 111 Å². The minimum absolute atomic E-state index is 0.616. The molecule has 5 nitrogen and oxygen atoms in total. The summed E-state index contributed by atoms with van der Waals surface area (Å²) in [5.74, 6) is 0. The van der Waals surface area contributed by atoms with Gasteiger partial charge in [-0.15, -0.1) is 10.2 Å². The maximum absolute atomic E-state index is 4.27. The summed E-state index contributed by atoms with van der Waals surface area (Å²) in [7, 11) is 0. The molecule has 0 aliphatic rings. The fourth-order valence-electron chi connectivity index (χ4n) is 0.791. The van der Waals surface area contributed by atoms with Crippen molar-refractivity contribution in [2.45, 2.75) is 23.0 Å². The molecule has 0 bridgehead atoms. The number of hydrogen-bond acceptors (Lipinski definition) is 6. The van der Waals surface area contributed by atoms with Crippen molar-refractivity contribution in [3.8, 4) is 0 Å². The summed E-state index contributed by atoms with van der Waals surface area (Å²) in [6, 6.07) is 0. The van der Waals surface area contributed by atoms with E-state index in [-0.39, 0.29) is 0 Å². The van der Waals surface area contributed by atoms with E-state index in [0.29, 0.717) is 5.16 Å². The SMILES string of the molecule is CCn1nnc(Sc2nc(Br)c(Br)s2)n1. The van der Waals surface area contributed by atoms with Crippen molar-refractivity contribution in [1.82, 2.24) is 25.2 Å². The monoisotopic (exact) mass is 369 g/mol. The van der Waals surface area contributed by atoms with Gasteiger partial charge in [0.1, 0.15) is 8.39 Å². The number of thiazole rings is 1. The van der Waals surface area contributed by atoms with E-state index in [9.17, 15) is 0 Å². The number of aryl methyl sites for hydroxylation is 1. The molecule has 0 fully saturated rings. The van der Waals surface area contributed by atoms with Crippen molar-refractivity contribution in [3.63, 3.8) is 0 Å². The van der Waals surface area contributed by atoms with Crippen molar-refractivity contribution in [3.05, 3.63) is 8.39 Å². The Hall–Kier alpha value is 0.01000. The third-order valence-electron chi connectivity index (χ3n) is 1.42. The van der Waals surface area contributed by atoms with Gasteiger partial charge in [0.25, 0.3) is 0 Å². The standard InChI is InChI=1S/C6H5Br2N5S2/c1-2-13-11-5(10-12-13)15-6-9-3(7)4(8)14-6/h2H2,1H3. The Morgan fingerprint density at radius 2 is 2.27 bits per heavy atom. The van der Waals surface area contributed by atoms with Gasteiger partial charge in [0.05, 0.1) is 6.54 Å². The molecule has 0 amide bonds. The first-order valence-corrected chi connectivity index (χ1v) is 7.18. The third-order valence-corrected chi connectivity index (χ3v) is 5.40. The molecule has 0 aromatic carbocycles. The van der Waals surface area contributed by atoms with Crippen molar-refractivity contribution in [2.75, 3.05) is 0 Å². The van der Waals surface area contributed by atoms with Gasteiger partial charge in [0, 0.05) is 0 Å². The van der Waals surface area contributed by atoms with E-state index < -0.39 is 0 Å². The Kier molecular flexibility index (Phi) is 3.75. The second kappa shape index (κ2) is 4.89. The van der Waals surface area contributed by atoms with Crippen molar-refractivity contribution < 1.29 is 0 Å². The van der Waals surface area contributed by atoms with Gasteiger partial charge >= 0.3 is 0 Å². The predicted molar refractivity (Wildman–Crippen MR) is 65.1 cm³/mol. The van der Waals surface area contributed by atoms with Crippen LogP contribution in [0, 0.1) is 0 Å². The minimum atomic E-state index is 0.616. The quantitative estimate of drug-likeness (QED) is 0.831. The first-order chi connectivity index (χ1) is 7.19. The van der Waals surface area contributed by atoms with Crippen LogP contribution in [-0.4, -0.2) is 25.2 Å². The lowest BCUT2D eigenvalue weighted by Gasteiger charge is -1.87. The number of halogens is 2. The van der Waals surface area contributed by atoms with E-state index >= 15 is 0 Å². The number of tetrazole rings is 1. The maximum atomic E-state index is 4.27. The highest BCUT2D eigenvalue weighted by atomic mass is 79.9. The van der Waals surface area contributed by atoms with E-state index in [1.807, 2.05) is 6.92 Å². The summed E-state index contributed by atoms with van der Waals surface area (Å²) < 4.78 is 2.65. The van der Waals surface area contributed by atoms with Gasteiger partial charge in [-0.3, -0.25) is 0 Å². The molecule has 9 heteroatoms. The fraction of sp³-hybridized carbons (Fsp3) is 0.333. The van der Waals surface area contributed by atoms with Gasteiger partial charge in [0.2, 0.25) is 5.16 Å². The van der Waals surface area contributed by atoms with E-state index in [1.54, 1.807) is 4.80 Å². The molecule has 2 heterocycles. The average Bonchev–Trinajstić information content (AvgIpc) is 2.76. The molecule has 2 aromatic heterocycles. The molecule has 0 spiro atoms.